The minimum absolute atomic E-state index is 0. The fourth-order valence-electron chi connectivity index (χ4n) is 2.57. The summed E-state index contributed by atoms with van der Waals surface area (Å²) in [5, 5.41) is 0. The van der Waals surface area contributed by atoms with Crippen molar-refractivity contribution in [3.63, 3.8) is 0 Å². The molecular formula is C16H21ClN4O2. The maximum absolute atomic E-state index is 12.2. The Hall–Kier alpha value is -2.21. The van der Waals surface area contributed by atoms with Gasteiger partial charge in [-0.25, -0.2) is 4.98 Å². The number of amides is 1. The lowest BCUT2D eigenvalue weighted by Crippen LogP contribution is -2.50. The molecule has 6 nitrogen and oxygen atoms in total. The summed E-state index contributed by atoms with van der Waals surface area (Å²) < 4.78 is 7.51. The lowest BCUT2D eigenvalue weighted by atomic mass is 10.3. The molecule has 1 fully saturated rings. The molecule has 0 radical (unpaired) electrons. The first-order valence-electron chi connectivity index (χ1n) is 7.42. The smallest absolute Gasteiger partial charge is 0.260 e. The van der Waals surface area contributed by atoms with E-state index >= 15 is 0 Å². The van der Waals surface area contributed by atoms with E-state index in [1.807, 2.05) is 53.0 Å². The van der Waals surface area contributed by atoms with Crippen LogP contribution < -0.4 is 9.64 Å². The number of rotatable bonds is 4. The van der Waals surface area contributed by atoms with Crippen LogP contribution in [0.4, 0.5) is 5.95 Å². The first kappa shape index (κ1) is 17.1. The number of imidazole rings is 1. The fourth-order valence-corrected chi connectivity index (χ4v) is 2.57. The Kier molecular flexibility index (Phi) is 5.87. The second-order valence-electron chi connectivity index (χ2n) is 5.31. The van der Waals surface area contributed by atoms with Gasteiger partial charge in [0.15, 0.2) is 6.61 Å². The quantitative estimate of drug-likeness (QED) is 0.850. The maximum atomic E-state index is 12.2. The lowest BCUT2D eigenvalue weighted by molar-refractivity contribution is -0.133. The van der Waals surface area contributed by atoms with Crippen LogP contribution in [0, 0.1) is 0 Å². The Morgan fingerprint density at radius 2 is 1.87 bits per heavy atom. The number of halogens is 1. The van der Waals surface area contributed by atoms with Gasteiger partial charge in [-0.2, -0.15) is 0 Å². The number of aryl methyl sites for hydroxylation is 1. The highest BCUT2D eigenvalue weighted by Crippen LogP contribution is 2.13. The molecule has 1 amide bonds. The van der Waals surface area contributed by atoms with Gasteiger partial charge in [0, 0.05) is 45.6 Å². The van der Waals surface area contributed by atoms with Crippen molar-refractivity contribution in [3.05, 3.63) is 42.7 Å². The van der Waals surface area contributed by atoms with Gasteiger partial charge >= 0.3 is 0 Å². The van der Waals surface area contributed by atoms with Crippen LogP contribution >= 0.6 is 12.4 Å². The zero-order chi connectivity index (χ0) is 15.4. The SMILES string of the molecule is Cl.Cn1ccnc1N1CCN(C(=O)COc2ccccc2)CC1. The third-order valence-corrected chi connectivity index (χ3v) is 3.82. The molecule has 0 spiro atoms. The van der Waals surface area contributed by atoms with Crippen LogP contribution in [0.1, 0.15) is 0 Å². The van der Waals surface area contributed by atoms with Crippen LogP contribution in [-0.4, -0.2) is 53.1 Å². The summed E-state index contributed by atoms with van der Waals surface area (Å²) in [6.07, 6.45) is 3.72. The first-order valence-corrected chi connectivity index (χ1v) is 7.42. The lowest BCUT2D eigenvalue weighted by Gasteiger charge is -2.35. The highest BCUT2D eigenvalue weighted by molar-refractivity contribution is 5.85. The van der Waals surface area contributed by atoms with E-state index < -0.39 is 0 Å². The third-order valence-electron chi connectivity index (χ3n) is 3.82. The Bertz CT molecular complexity index is 624. The third kappa shape index (κ3) is 4.16. The Morgan fingerprint density at radius 1 is 1.17 bits per heavy atom. The van der Waals surface area contributed by atoms with Crippen LogP contribution in [0.3, 0.4) is 0 Å². The molecule has 0 aliphatic carbocycles. The van der Waals surface area contributed by atoms with Gasteiger partial charge in [0.25, 0.3) is 5.91 Å². The predicted octanol–water partition coefficient (Wildman–Crippen LogP) is 1.57. The number of carbonyl (C=O) groups excluding carboxylic acids is 1. The first-order chi connectivity index (χ1) is 10.7. The molecule has 0 bridgehead atoms. The van der Waals surface area contributed by atoms with Crippen LogP contribution in [0.15, 0.2) is 42.7 Å². The van der Waals surface area contributed by atoms with Crippen LogP contribution in [0.5, 0.6) is 5.75 Å². The van der Waals surface area contributed by atoms with Crippen molar-refractivity contribution < 1.29 is 9.53 Å². The number of hydrogen-bond donors (Lipinski definition) is 0. The van der Waals surface area contributed by atoms with Crippen LogP contribution in [-0.2, 0) is 11.8 Å². The van der Waals surface area contributed by atoms with E-state index in [4.69, 9.17) is 4.74 Å². The molecule has 0 atom stereocenters. The summed E-state index contributed by atoms with van der Waals surface area (Å²) in [4.78, 5) is 20.6. The molecule has 2 heterocycles. The molecule has 2 aromatic rings. The Balaban J connectivity index is 0.00000192. The zero-order valence-corrected chi connectivity index (χ0v) is 13.9. The van der Waals surface area contributed by atoms with E-state index in [2.05, 4.69) is 9.88 Å². The number of para-hydroxylation sites is 1. The summed E-state index contributed by atoms with van der Waals surface area (Å²) >= 11 is 0. The molecule has 1 aliphatic heterocycles. The average molecular weight is 337 g/mol. The summed E-state index contributed by atoms with van der Waals surface area (Å²) in [7, 11) is 1.98. The number of nitrogens with zero attached hydrogens (tertiary/aromatic N) is 4. The number of aromatic nitrogens is 2. The molecule has 124 valence electrons. The summed E-state index contributed by atoms with van der Waals surface area (Å²) in [6, 6.07) is 9.42. The van der Waals surface area contributed by atoms with Gasteiger partial charge in [0.1, 0.15) is 5.75 Å². The minimum atomic E-state index is 0. The Morgan fingerprint density at radius 3 is 2.48 bits per heavy atom. The fraction of sp³-hybridized carbons (Fsp3) is 0.375. The molecule has 1 aromatic carbocycles. The van der Waals surface area contributed by atoms with Crippen molar-refractivity contribution in [1.82, 2.24) is 14.5 Å². The molecule has 0 unspecified atom stereocenters. The van der Waals surface area contributed by atoms with Crippen molar-refractivity contribution in [3.8, 4) is 5.75 Å². The number of piperazine rings is 1. The van der Waals surface area contributed by atoms with Gasteiger partial charge in [-0.3, -0.25) is 4.79 Å². The van der Waals surface area contributed by atoms with Crippen molar-refractivity contribution in [2.75, 3.05) is 37.7 Å². The van der Waals surface area contributed by atoms with Crippen LogP contribution in [0.2, 0.25) is 0 Å². The van der Waals surface area contributed by atoms with E-state index in [1.54, 1.807) is 6.20 Å². The zero-order valence-electron chi connectivity index (χ0n) is 13.1. The second-order valence-corrected chi connectivity index (χ2v) is 5.31. The van der Waals surface area contributed by atoms with Gasteiger partial charge in [0.2, 0.25) is 5.95 Å². The molecule has 1 aromatic heterocycles. The average Bonchev–Trinajstić information content (AvgIpc) is 3.00. The highest BCUT2D eigenvalue weighted by Gasteiger charge is 2.23. The van der Waals surface area contributed by atoms with Crippen molar-refractivity contribution >= 4 is 24.3 Å². The predicted molar refractivity (Wildman–Crippen MR) is 91.2 cm³/mol. The number of benzene rings is 1. The van der Waals surface area contributed by atoms with E-state index in [1.165, 1.54) is 0 Å². The number of hydrogen-bond acceptors (Lipinski definition) is 4. The van der Waals surface area contributed by atoms with Gasteiger partial charge < -0.3 is 19.1 Å². The monoisotopic (exact) mass is 336 g/mol. The molecule has 23 heavy (non-hydrogen) atoms. The van der Waals surface area contributed by atoms with E-state index in [-0.39, 0.29) is 24.9 Å². The van der Waals surface area contributed by atoms with E-state index in [9.17, 15) is 4.79 Å². The highest BCUT2D eigenvalue weighted by atomic mass is 35.5. The summed E-state index contributed by atoms with van der Waals surface area (Å²) in [5.41, 5.74) is 0. The van der Waals surface area contributed by atoms with E-state index in [0.29, 0.717) is 13.1 Å². The standard InChI is InChI=1S/C16H20N4O2.ClH/c1-18-8-7-17-16(18)20-11-9-19(10-12-20)15(21)13-22-14-5-3-2-4-6-14;/h2-8H,9-13H2,1H3;1H. The van der Waals surface area contributed by atoms with Crippen molar-refractivity contribution in [1.29, 1.82) is 0 Å². The van der Waals surface area contributed by atoms with Crippen molar-refractivity contribution in [2.24, 2.45) is 7.05 Å². The normalized spacial score (nSPS) is 14.3. The van der Waals surface area contributed by atoms with E-state index in [0.717, 1.165) is 24.8 Å². The number of ether oxygens (including phenoxy) is 1. The molecule has 1 aliphatic rings. The summed E-state index contributed by atoms with van der Waals surface area (Å²) in [5.74, 6) is 1.71. The largest absolute Gasteiger partial charge is 0.484 e. The summed E-state index contributed by atoms with van der Waals surface area (Å²) in [6.45, 7) is 3.07. The van der Waals surface area contributed by atoms with Crippen molar-refractivity contribution in [2.45, 2.75) is 0 Å². The van der Waals surface area contributed by atoms with Crippen LogP contribution in [0.25, 0.3) is 0 Å². The number of anilines is 1. The molecular weight excluding hydrogens is 316 g/mol. The number of carbonyl (C=O) groups is 1. The molecule has 0 saturated carbocycles. The van der Waals surface area contributed by atoms with Gasteiger partial charge in [-0.1, -0.05) is 18.2 Å². The molecule has 7 heteroatoms. The van der Waals surface area contributed by atoms with Gasteiger partial charge in [-0.15, -0.1) is 12.4 Å². The van der Waals surface area contributed by atoms with Gasteiger partial charge in [-0.05, 0) is 12.1 Å². The minimum Gasteiger partial charge on any atom is -0.484 e. The maximum Gasteiger partial charge on any atom is 0.260 e. The van der Waals surface area contributed by atoms with Gasteiger partial charge in [0.05, 0.1) is 0 Å². The molecule has 0 N–H and O–H groups in total. The molecule has 1 saturated heterocycles. The topological polar surface area (TPSA) is 50.6 Å². The Labute approximate surface area is 142 Å². The molecule has 3 rings (SSSR count). The second kappa shape index (κ2) is 7.87.